The van der Waals surface area contributed by atoms with Crippen LogP contribution in [0.3, 0.4) is 0 Å². The minimum Gasteiger partial charge on any atom is -0.494 e. The number of halogens is 1. The first-order valence-corrected chi connectivity index (χ1v) is 6.45. The zero-order chi connectivity index (χ0) is 13.0. The molecule has 0 saturated heterocycles. The molecular formula is C13H18ClNOS. The standard InChI is InChI=1S/C13H18ClNOS/c1-4-16-12-6-8(2)11(14)7-10(12)5-9(3)13(15)17/h6-7,9H,4-5H2,1-3H3,(H2,15,17). The fraction of sp³-hybridized carbons (Fsp3) is 0.462. The molecule has 4 heteroatoms. The van der Waals surface area contributed by atoms with E-state index >= 15 is 0 Å². The lowest BCUT2D eigenvalue weighted by Gasteiger charge is -2.15. The summed E-state index contributed by atoms with van der Waals surface area (Å²) in [5.74, 6) is 1.01. The zero-order valence-electron chi connectivity index (χ0n) is 10.4. The molecule has 0 saturated carbocycles. The topological polar surface area (TPSA) is 35.2 Å². The highest BCUT2D eigenvalue weighted by Gasteiger charge is 2.12. The molecule has 0 amide bonds. The van der Waals surface area contributed by atoms with Crippen LogP contribution in [0.15, 0.2) is 12.1 Å². The first kappa shape index (κ1) is 14.3. The number of hydrogen-bond acceptors (Lipinski definition) is 2. The van der Waals surface area contributed by atoms with Crippen LogP contribution in [0.25, 0.3) is 0 Å². The summed E-state index contributed by atoms with van der Waals surface area (Å²) >= 11 is 11.1. The molecule has 0 spiro atoms. The summed E-state index contributed by atoms with van der Waals surface area (Å²) in [6, 6.07) is 3.91. The number of hydrogen-bond donors (Lipinski definition) is 1. The number of thiocarbonyl (C=S) groups is 1. The van der Waals surface area contributed by atoms with E-state index in [-0.39, 0.29) is 5.92 Å². The number of nitrogens with two attached hydrogens (primary N) is 1. The zero-order valence-corrected chi connectivity index (χ0v) is 12.0. The average Bonchev–Trinajstić information content (AvgIpc) is 2.25. The third kappa shape index (κ3) is 3.86. The van der Waals surface area contributed by atoms with Crippen LogP contribution in [-0.4, -0.2) is 11.6 Å². The Labute approximate surface area is 113 Å². The molecule has 1 unspecified atom stereocenters. The van der Waals surface area contributed by atoms with Gasteiger partial charge in [-0.15, -0.1) is 0 Å². The van der Waals surface area contributed by atoms with Gasteiger partial charge in [0, 0.05) is 10.9 Å². The lowest BCUT2D eigenvalue weighted by molar-refractivity contribution is 0.335. The number of rotatable bonds is 5. The fourth-order valence-corrected chi connectivity index (χ4v) is 1.85. The van der Waals surface area contributed by atoms with Crippen molar-refractivity contribution in [1.29, 1.82) is 0 Å². The molecule has 0 aliphatic carbocycles. The summed E-state index contributed by atoms with van der Waals surface area (Å²) in [7, 11) is 0. The minimum atomic E-state index is 0.142. The summed E-state index contributed by atoms with van der Waals surface area (Å²) < 4.78 is 5.61. The predicted molar refractivity (Wildman–Crippen MR) is 77.0 cm³/mol. The van der Waals surface area contributed by atoms with E-state index in [1.807, 2.05) is 32.9 Å². The molecule has 0 aromatic heterocycles. The second-order valence-electron chi connectivity index (χ2n) is 4.15. The molecule has 0 aliphatic heterocycles. The SMILES string of the molecule is CCOc1cc(C)c(Cl)cc1CC(C)C(N)=S. The summed E-state index contributed by atoms with van der Waals surface area (Å²) in [6.07, 6.45) is 0.755. The van der Waals surface area contributed by atoms with Crippen LogP contribution in [0.5, 0.6) is 5.75 Å². The maximum Gasteiger partial charge on any atom is 0.122 e. The molecule has 17 heavy (non-hydrogen) atoms. The molecule has 2 N–H and O–H groups in total. The van der Waals surface area contributed by atoms with Gasteiger partial charge in [0.15, 0.2) is 0 Å². The van der Waals surface area contributed by atoms with Crippen molar-refractivity contribution in [3.63, 3.8) is 0 Å². The Morgan fingerprint density at radius 2 is 2.18 bits per heavy atom. The van der Waals surface area contributed by atoms with E-state index in [9.17, 15) is 0 Å². The van der Waals surface area contributed by atoms with Crippen LogP contribution in [0.1, 0.15) is 25.0 Å². The van der Waals surface area contributed by atoms with Crippen molar-refractivity contribution in [1.82, 2.24) is 0 Å². The van der Waals surface area contributed by atoms with E-state index in [1.165, 1.54) is 0 Å². The lowest BCUT2D eigenvalue weighted by Crippen LogP contribution is -2.20. The highest BCUT2D eigenvalue weighted by Crippen LogP contribution is 2.28. The molecule has 94 valence electrons. The van der Waals surface area contributed by atoms with Gasteiger partial charge in [-0.25, -0.2) is 0 Å². The van der Waals surface area contributed by atoms with Gasteiger partial charge in [-0.2, -0.15) is 0 Å². The number of ether oxygens (including phenoxy) is 1. The molecule has 1 aromatic rings. The van der Waals surface area contributed by atoms with E-state index in [1.54, 1.807) is 0 Å². The Bertz CT molecular complexity index is 420. The van der Waals surface area contributed by atoms with Crippen molar-refractivity contribution in [2.24, 2.45) is 11.7 Å². The molecule has 0 bridgehead atoms. The molecule has 1 aromatic carbocycles. The van der Waals surface area contributed by atoms with Gasteiger partial charge in [0.05, 0.1) is 11.6 Å². The summed E-state index contributed by atoms with van der Waals surface area (Å²) in [5, 5.41) is 0.749. The molecular weight excluding hydrogens is 254 g/mol. The van der Waals surface area contributed by atoms with Gasteiger partial charge in [-0.1, -0.05) is 30.7 Å². The molecule has 0 heterocycles. The monoisotopic (exact) mass is 271 g/mol. The van der Waals surface area contributed by atoms with Crippen molar-refractivity contribution in [3.8, 4) is 5.75 Å². The summed E-state index contributed by atoms with van der Waals surface area (Å²) in [4.78, 5) is 0.518. The maximum atomic E-state index is 6.13. The normalized spacial score (nSPS) is 12.2. The van der Waals surface area contributed by atoms with E-state index in [2.05, 4.69) is 0 Å². The summed E-state index contributed by atoms with van der Waals surface area (Å²) in [5.41, 5.74) is 7.71. The Kier molecular flexibility index (Phi) is 5.22. The van der Waals surface area contributed by atoms with Gasteiger partial charge in [-0.05, 0) is 43.5 Å². The molecule has 0 fully saturated rings. The molecule has 2 nitrogen and oxygen atoms in total. The van der Waals surface area contributed by atoms with Crippen LogP contribution < -0.4 is 10.5 Å². The largest absolute Gasteiger partial charge is 0.494 e. The van der Waals surface area contributed by atoms with Crippen LogP contribution in [0, 0.1) is 12.8 Å². The van der Waals surface area contributed by atoms with Gasteiger partial charge in [0.25, 0.3) is 0 Å². The highest BCUT2D eigenvalue weighted by molar-refractivity contribution is 7.80. The van der Waals surface area contributed by atoms with Crippen molar-refractivity contribution >= 4 is 28.8 Å². The first-order chi connectivity index (χ1) is 7.95. The lowest BCUT2D eigenvalue weighted by atomic mass is 9.99. The Morgan fingerprint density at radius 1 is 1.53 bits per heavy atom. The van der Waals surface area contributed by atoms with Crippen LogP contribution in [0.4, 0.5) is 0 Å². The van der Waals surface area contributed by atoms with E-state index in [4.69, 9.17) is 34.3 Å². The van der Waals surface area contributed by atoms with E-state index < -0.39 is 0 Å². The highest BCUT2D eigenvalue weighted by atomic mass is 35.5. The van der Waals surface area contributed by atoms with Crippen LogP contribution in [-0.2, 0) is 6.42 Å². The van der Waals surface area contributed by atoms with Gasteiger partial charge in [-0.3, -0.25) is 0 Å². The molecule has 1 rings (SSSR count). The predicted octanol–water partition coefficient (Wildman–Crippen LogP) is 3.51. The van der Waals surface area contributed by atoms with Gasteiger partial charge < -0.3 is 10.5 Å². The van der Waals surface area contributed by atoms with Crippen molar-refractivity contribution < 1.29 is 4.74 Å². The third-order valence-corrected chi connectivity index (χ3v) is 3.46. The molecule has 0 aliphatic rings. The third-order valence-electron chi connectivity index (χ3n) is 2.65. The molecule has 1 atom stereocenters. The van der Waals surface area contributed by atoms with Crippen molar-refractivity contribution in [3.05, 3.63) is 28.3 Å². The molecule has 0 radical (unpaired) electrons. The average molecular weight is 272 g/mol. The van der Waals surface area contributed by atoms with Gasteiger partial charge in [0.2, 0.25) is 0 Å². The summed E-state index contributed by atoms with van der Waals surface area (Å²) in [6.45, 7) is 6.57. The first-order valence-electron chi connectivity index (χ1n) is 5.66. The minimum absolute atomic E-state index is 0.142. The number of aryl methyl sites for hydroxylation is 1. The Hall–Kier alpha value is -0.800. The van der Waals surface area contributed by atoms with E-state index in [0.717, 1.165) is 28.3 Å². The van der Waals surface area contributed by atoms with Crippen molar-refractivity contribution in [2.75, 3.05) is 6.61 Å². The van der Waals surface area contributed by atoms with Gasteiger partial charge >= 0.3 is 0 Å². The Morgan fingerprint density at radius 3 is 2.71 bits per heavy atom. The number of benzene rings is 1. The second-order valence-corrected chi connectivity index (χ2v) is 5.03. The van der Waals surface area contributed by atoms with Crippen LogP contribution in [0.2, 0.25) is 5.02 Å². The van der Waals surface area contributed by atoms with Gasteiger partial charge in [0.1, 0.15) is 5.75 Å². The van der Waals surface area contributed by atoms with E-state index in [0.29, 0.717) is 11.6 Å². The second kappa shape index (κ2) is 6.22. The Balaban J connectivity index is 3.03. The quantitative estimate of drug-likeness (QED) is 0.833. The van der Waals surface area contributed by atoms with Crippen LogP contribution >= 0.6 is 23.8 Å². The van der Waals surface area contributed by atoms with Crippen molar-refractivity contribution in [2.45, 2.75) is 27.2 Å². The smallest absolute Gasteiger partial charge is 0.122 e. The maximum absolute atomic E-state index is 6.13. The fourth-order valence-electron chi connectivity index (χ4n) is 1.58.